The first-order valence-electron chi connectivity index (χ1n) is 10.1. The van der Waals surface area contributed by atoms with E-state index in [0.717, 1.165) is 4.40 Å². The second kappa shape index (κ2) is 10.1. The van der Waals surface area contributed by atoms with Crippen molar-refractivity contribution in [2.45, 2.75) is 38.4 Å². The van der Waals surface area contributed by atoms with E-state index in [1.165, 1.54) is 17.0 Å². The molecule has 8 nitrogen and oxygen atoms in total. The number of fused-ring (bicyclic) bond motifs is 1. The van der Waals surface area contributed by atoms with Gasteiger partial charge in [-0.05, 0) is 18.6 Å². The molecule has 0 radical (unpaired) electrons. The highest BCUT2D eigenvalue weighted by Crippen LogP contribution is 2.24. The minimum atomic E-state index is -4.35. The molecule has 2 N–H and O–H groups in total. The van der Waals surface area contributed by atoms with E-state index in [1.54, 1.807) is 30.3 Å². The van der Waals surface area contributed by atoms with E-state index in [9.17, 15) is 27.6 Å². The molecule has 2 aromatic heterocycles. The summed E-state index contributed by atoms with van der Waals surface area (Å²) in [5.41, 5.74) is 5.51. The molecule has 0 aliphatic rings. The summed E-state index contributed by atoms with van der Waals surface area (Å²) in [7, 11) is 0. The molecule has 2 heterocycles. The number of rotatable bonds is 9. The molecule has 0 bridgehead atoms. The molecular weight excluding hydrogens is 475 g/mol. The maximum atomic E-state index is 13.0. The summed E-state index contributed by atoms with van der Waals surface area (Å²) < 4.78 is 40.5. The average molecular weight is 494 g/mol. The number of nitriles is 1. The third-order valence-electron chi connectivity index (χ3n) is 5.07. The third-order valence-corrected chi connectivity index (χ3v) is 5.32. The Morgan fingerprint density at radius 1 is 1.21 bits per heavy atom. The van der Waals surface area contributed by atoms with Gasteiger partial charge in [-0.15, -0.1) is 0 Å². The van der Waals surface area contributed by atoms with Crippen LogP contribution < -0.4 is 11.3 Å². The number of carbonyl (C=O) groups is 2. The average Bonchev–Trinajstić information content (AvgIpc) is 3.20. The Balaban J connectivity index is 2.01. The second-order valence-electron chi connectivity index (χ2n) is 7.68. The Bertz CT molecular complexity index is 1320. The summed E-state index contributed by atoms with van der Waals surface area (Å²) in [5.74, 6) is -2.77. The predicted molar refractivity (Wildman–Crippen MR) is 117 cm³/mol. The zero-order valence-electron chi connectivity index (χ0n) is 17.7. The standard InChI is InChI=1S/C22H19ClF3N5O3/c23-16-4-2-13(3-5-16)18-12-31-20(34)15(9-17(32)8-14(10-27)19(28)33)11-30(21(31)29-18)7-1-6-22(24,25)26/h2-5,11-12,14H,1,6-9H2,(H2,28,33). The summed E-state index contributed by atoms with van der Waals surface area (Å²) in [6.45, 7) is -0.107. The molecule has 3 rings (SSSR count). The highest BCUT2D eigenvalue weighted by atomic mass is 35.5. The van der Waals surface area contributed by atoms with Crippen molar-refractivity contribution in [1.29, 1.82) is 5.26 Å². The van der Waals surface area contributed by atoms with Gasteiger partial charge in [-0.1, -0.05) is 23.7 Å². The zero-order chi connectivity index (χ0) is 25.0. The van der Waals surface area contributed by atoms with Crippen LogP contribution in [-0.4, -0.2) is 31.8 Å². The van der Waals surface area contributed by atoms with E-state index >= 15 is 0 Å². The molecule has 1 atom stereocenters. The number of hydrogen-bond donors (Lipinski definition) is 1. The van der Waals surface area contributed by atoms with E-state index < -0.39 is 48.6 Å². The SMILES string of the molecule is N#CC(CC(=O)Cc1cn(CCCC(F)(F)F)c2nc(-c3ccc(Cl)cc3)cn2c1=O)C(N)=O. The molecule has 178 valence electrons. The number of benzene rings is 1. The van der Waals surface area contributed by atoms with Crippen LogP contribution in [-0.2, 0) is 22.6 Å². The largest absolute Gasteiger partial charge is 0.389 e. The van der Waals surface area contributed by atoms with E-state index in [-0.39, 0.29) is 24.3 Å². The topological polar surface area (TPSA) is 123 Å². The molecule has 0 aliphatic heterocycles. The van der Waals surface area contributed by atoms with Crippen LogP contribution in [0, 0.1) is 17.2 Å². The molecule has 0 aliphatic carbocycles. The fraction of sp³-hybridized carbons (Fsp3) is 0.318. The number of aromatic nitrogens is 3. The molecule has 0 saturated carbocycles. The number of halogens is 4. The molecule has 1 aromatic carbocycles. The van der Waals surface area contributed by atoms with Gasteiger partial charge < -0.3 is 10.3 Å². The maximum Gasteiger partial charge on any atom is 0.389 e. The highest BCUT2D eigenvalue weighted by Gasteiger charge is 2.26. The van der Waals surface area contributed by atoms with Gasteiger partial charge in [0.05, 0.1) is 11.8 Å². The van der Waals surface area contributed by atoms with E-state index in [2.05, 4.69) is 4.98 Å². The van der Waals surface area contributed by atoms with Crippen LogP contribution in [0.1, 0.15) is 24.8 Å². The molecule has 34 heavy (non-hydrogen) atoms. The number of hydrogen-bond acceptors (Lipinski definition) is 5. The molecular formula is C22H19ClF3N5O3. The van der Waals surface area contributed by atoms with Gasteiger partial charge in [-0.25, -0.2) is 4.98 Å². The minimum absolute atomic E-state index is 0.00859. The fourth-order valence-electron chi connectivity index (χ4n) is 3.40. The number of carbonyl (C=O) groups excluding carboxylic acids is 2. The van der Waals surface area contributed by atoms with Crippen LogP contribution >= 0.6 is 11.6 Å². The Hall–Kier alpha value is -3.65. The lowest BCUT2D eigenvalue weighted by Gasteiger charge is -2.12. The van der Waals surface area contributed by atoms with E-state index in [4.69, 9.17) is 22.6 Å². The number of Topliss-reactive ketones (excluding diaryl/α,β-unsaturated/α-hetero) is 1. The van der Waals surface area contributed by atoms with Crippen LogP contribution in [0.25, 0.3) is 17.0 Å². The number of amides is 1. The van der Waals surface area contributed by atoms with Gasteiger partial charge in [0.25, 0.3) is 5.56 Å². The first kappa shape index (κ1) is 25.0. The van der Waals surface area contributed by atoms with Crippen LogP contribution in [0.3, 0.4) is 0 Å². The lowest BCUT2D eigenvalue weighted by Crippen LogP contribution is -2.27. The van der Waals surface area contributed by atoms with Crippen molar-refractivity contribution in [2.24, 2.45) is 11.7 Å². The maximum absolute atomic E-state index is 13.0. The van der Waals surface area contributed by atoms with Crippen molar-refractivity contribution in [2.75, 3.05) is 0 Å². The Kier molecular flexibility index (Phi) is 7.41. The molecule has 1 unspecified atom stereocenters. The Labute approximate surface area is 196 Å². The van der Waals surface area contributed by atoms with Crippen molar-refractivity contribution < 1.29 is 22.8 Å². The molecule has 3 aromatic rings. The summed E-state index contributed by atoms with van der Waals surface area (Å²) in [5, 5.41) is 9.45. The fourth-order valence-corrected chi connectivity index (χ4v) is 3.52. The smallest absolute Gasteiger partial charge is 0.369 e. The minimum Gasteiger partial charge on any atom is -0.369 e. The van der Waals surface area contributed by atoms with Gasteiger partial charge in [-0.2, -0.15) is 18.4 Å². The molecule has 1 amide bonds. The van der Waals surface area contributed by atoms with Crippen LogP contribution in [0.5, 0.6) is 0 Å². The summed E-state index contributed by atoms with van der Waals surface area (Å²) in [4.78, 5) is 41.1. The first-order chi connectivity index (χ1) is 16.0. The van der Waals surface area contributed by atoms with Gasteiger partial charge in [-0.3, -0.25) is 18.8 Å². The Morgan fingerprint density at radius 3 is 2.47 bits per heavy atom. The molecule has 0 spiro atoms. The van der Waals surface area contributed by atoms with Crippen molar-refractivity contribution in [3.8, 4) is 17.3 Å². The van der Waals surface area contributed by atoms with E-state index in [0.29, 0.717) is 16.3 Å². The lowest BCUT2D eigenvalue weighted by molar-refractivity contribution is -0.135. The van der Waals surface area contributed by atoms with Gasteiger partial charge in [0.1, 0.15) is 11.7 Å². The lowest BCUT2D eigenvalue weighted by atomic mass is 10.00. The molecule has 0 fully saturated rings. The number of nitrogens with two attached hydrogens (primary N) is 1. The second-order valence-corrected chi connectivity index (χ2v) is 8.11. The summed E-state index contributed by atoms with van der Waals surface area (Å²) in [6, 6.07) is 8.25. The number of aryl methyl sites for hydroxylation is 1. The first-order valence-corrected chi connectivity index (χ1v) is 10.5. The van der Waals surface area contributed by atoms with Gasteiger partial charge in [0.2, 0.25) is 11.7 Å². The number of ketones is 1. The summed E-state index contributed by atoms with van der Waals surface area (Å²) in [6.07, 6.45) is -3.83. The Morgan fingerprint density at radius 2 is 1.88 bits per heavy atom. The number of alkyl halides is 3. The monoisotopic (exact) mass is 493 g/mol. The summed E-state index contributed by atoms with van der Waals surface area (Å²) >= 11 is 5.90. The molecule has 12 heteroatoms. The zero-order valence-corrected chi connectivity index (χ0v) is 18.4. The van der Waals surface area contributed by atoms with Gasteiger partial charge in [0, 0.05) is 54.4 Å². The molecule has 0 saturated heterocycles. The number of imidazole rings is 1. The third kappa shape index (κ3) is 6.02. The normalized spacial score (nSPS) is 12.4. The quantitative estimate of drug-likeness (QED) is 0.490. The van der Waals surface area contributed by atoms with Crippen molar-refractivity contribution in [3.63, 3.8) is 0 Å². The predicted octanol–water partition coefficient (Wildman–Crippen LogP) is 3.29. The van der Waals surface area contributed by atoms with Crippen LogP contribution in [0.15, 0.2) is 41.5 Å². The van der Waals surface area contributed by atoms with Crippen molar-refractivity contribution in [1.82, 2.24) is 14.0 Å². The van der Waals surface area contributed by atoms with Crippen LogP contribution in [0.4, 0.5) is 13.2 Å². The highest BCUT2D eigenvalue weighted by molar-refractivity contribution is 6.30. The van der Waals surface area contributed by atoms with Crippen molar-refractivity contribution >= 4 is 29.1 Å². The van der Waals surface area contributed by atoms with Gasteiger partial charge in [0.15, 0.2) is 0 Å². The van der Waals surface area contributed by atoms with Crippen LogP contribution in [0.2, 0.25) is 5.02 Å². The van der Waals surface area contributed by atoms with E-state index in [1.807, 2.05) is 0 Å². The number of primary amides is 1. The van der Waals surface area contributed by atoms with Crippen molar-refractivity contribution in [3.05, 3.63) is 57.6 Å². The number of nitrogens with zero attached hydrogens (tertiary/aromatic N) is 4. The van der Waals surface area contributed by atoms with Gasteiger partial charge >= 0.3 is 6.18 Å².